The molecular formula is C12H10O4P+. The maximum absolute atomic E-state index is 11.8. The highest BCUT2D eigenvalue weighted by Gasteiger charge is 2.23. The minimum Gasteiger partial charge on any atom is -0.508 e. The molecule has 5 heteroatoms. The number of rotatable bonds is 3. The Bertz CT molecular complexity index is 519. The Balaban J connectivity index is 2.11. The van der Waals surface area contributed by atoms with Gasteiger partial charge in [-0.25, -0.2) is 0 Å². The molecule has 0 fully saturated rings. The standard InChI is InChI=1S/C12H9O4P/c13-9-1-5-11(6-2-9)16-17(15)12-7-3-10(14)4-8-12/h1-8H,(H-,13,14,15)/p+1. The molecule has 2 rings (SSSR count). The molecule has 86 valence electrons. The van der Waals surface area contributed by atoms with E-state index in [0.717, 1.165) is 0 Å². The fraction of sp³-hybridized carbons (Fsp3) is 0. The molecule has 2 N–H and O–H groups in total. The van der Waals surface area contributed by atoms with Crippen molar-refractivity contribution in [2.75, 3.05) is 0 Å². The van der Waals surface area contributed by atoms with Gasteiger partial charge in [0.1, 0.15) is 11.5 Å². The van der Waals surface area contributed by atoms with Crippen LogP contribution in [0.2, 0.25) is 0 Å². The van der Waals surface area contributed by atoms with Crippen LogP contribution in [0.25, 0.3) is 0 Å². The lowest BCUT2D eigenvalue weighted by Crippen LogP contribution is -1.98. The number of benzene rings is 2. The largest absolute Gasteiger partial charge is 0.597 e. The van der Waals surface area contributed by atoms with Crippen molar-refractivity contribution in [2.24, 2.45) is 0 Å². The molecule has 1 atom stereocenters. The van der Waals surface area contributed by atoms with Gasteiger partial charge in [-0.15, -0.1) is 0 Å². The first-order valence-corrected chi connectivity index (χ1v) is 6.06. The van der Waals surface area contributed by atoms with Gasteiger partial charge in [0.25, 0.3) is 0 Å². The second-order valence-electron chi connectivity index (χ2n) is 3.36. The molecule has 0 aromatic heterocycles. The molecule has 2 aromatic carbocycles. The molecule has 0 amide bonds. The molecule has 0 saturated carbocycles. The zero-order valence-corrected chi connectivity index (χ0v) is 9.67. The number of phenolic OH excluding ortho intramolecular Hbond substituents is 2. The third kappa shape index (κ3) is 2.95. The zero-order chi connectivity index (χ0) is 12.3. The number of hydrogen-bond donors (Lipinski definition) is 2. The summed E-state index contributed by atoms with van der Waals surface area (Å²) in [5.74, 6) is 0.649. The first-order chi connectivity index (χ1) is 8.15. The Morgan fingerprint density at radius 2 is 1.29 bits per heavy atom. The topological polar surface area (TPSA) is 66.8 Å². The van der Waals surface area contributed by atoms with Crippen LogP contribution in [0.5, 0.6) is 17.2 Å². The van der Waals surface area contributed by atoms with Gasteiger partial charge >= 0.3 is 8.03 Å². The minimum atomic E-state index is -2.02. The number of aromatic hydroxyl groups is 2. The van der Waals surface area contributed by atoms with Crippen LogP contribution >= 0.6 is 8.03 Å². The normalized spacial score (nSPS) is 10.9. The second kappa shape index (κ2) is 4.85. The molecule has 17 heavy (non-hydrogen) atoms. The Labute approximate surface area is 99.0 Å². The third-order valence-corrected chi connectivity index (χ3v) is 3.18. The monoisotopic (exact) mass is 249 g/mol. The lowest BCUT2D eigenvalue weighted by molar-refractivity contribution is 0.472. The van der Waals surface area contributed by atoms with E-state index in [1.54, 1.807) is 0 Å². The summed E-state index contributed by atoms with van der Waals surface area (Å²) in [6.07, 6.45) is 0. The van der Waals surface area contributed by atoms with Crippen LogP contribution in [-0.4, -0.2) is 10.2 Å². The smallest absolute Gasteiger partial charge is 0.508 e. The van der Waals surface area contributed by atoms with Gasteiger partial charge in [0.2, 0.25) is 5.30 Å². The van der Waals surface area contributed by atoms with E-state index in [2.05, 4.69) is 0 Å². The number of hydrogen-bond acceptors (Lipinski definition) is 4. The minimum absolute atomic E-state index is 0.113. The summed E-state index contributed by atoms with van der Waals surface area (Å²) >= 11 is 0. The van der Waals surface area contributed by atoms with E-state index in [0.29, 0.717) is 11.1 Å². The fourth-order valence-electron chi connectivity index (χ4n) is 1.23. The maximum atomic E-state index is 11.8. The van der Waals surface area contributed by atoms with E-state index in [9.17, 15) is 4.57 Å². The summed E-state index contributed by atoms with van der Waals surface area (Å²) in [5.41, 5.74) is 0. The molecule has 0 heterocycles. The summed E-state index contributed by atoms with van der Waals surface area (Å²) in [4.78, 5) is 0. The van der Waals surface area contributed by atoms with Crippen molar-refractivity contribution >= 4 is 13.3 Å². The van der Waals surface area contributed by atoms with Crippen molar-refractivity contribution in [2.45, 2.75) is 0 Å². The Kier molecular flexibility index (Phi) is 3.26. The number of phenols is 2. The van der Waals surface area contributed by atoms with Crippen LogP contribution in [0.4, 0.5) is 0 Å². The van der Waals surface area contributed by atoms with E-state index in [1.165, 1.54) is 48.5 Å². The highest BCUT2D eigenvalue weighted by molar-refractivity contribution is 7.48. The molecule has 4 nitrogen and oxygen atoms in total. The van der Waals surface area contributed by atoms with Gasteiger partial charge in [-0.2, -0.15) is 0 Å². The van der Waals surface area contributed by atoms with E-state index in [1.807, 2.05) is 0 Å². The predicted octanol–water partition coefficient (Wildman–Crippen LogP) is 2.54. The van der Waals surface area contributed by atoms with Gasteiger partial charge in [0, 0.05) is 0 Å². The molecule has 0 aliphatic carbocycles. The van der Waals surface area contributed by atoms with Crippen molar-refractivity contribution in [3.63, 3.8) is 0 Å². The highest BCUT2D eigenvalue weighted by atomic mass is 31.1. The predicted molar refractivity (Wildman–Crippen MR) is 64.1 cm³/mol. The van der Waals surface area contributed by atoms with Crippen LogP contribution in [-0.2, 0) is 4.57 Å². The molecule has 0 aliphatic rings. The van der Waals surface area contributed by atoms with Crippen LogP contribution in [0.3, 0.4) is 0 Å². The van der Waals surface area contributed by atoms with Crippen LogP contribution in [0.15, 0.2) is 48.5 Å². The van der Waals surface area contributed by atoms with Gasteiger partial charge in [-0.1, -0.05) is 0 Å². The quantitative estimate of drug-likeness (QED) is 0.820. The average molecular weight is 249 g/mol. The lowest BCUT2D eigenvalue weighted by Gasteiger charge is -1.94. The molecule has 0 radical (unpaired) electrons. The van der Waals surface area contributed by atoms with E-state index in [4.69, 9.17) is 14.7 Å². The summed E-state index contributed by atoms with van der Waals surface area (Å²) in [6.45, 7) is 0. The van der Waals surface area contributed by atoms with Crippen LogP contribution < -0.4 is 9.83 Å². The van der Waals surface area contributed by atoms with Crippen molar-refractivity contribution in [1.82, 2.24) is 0 Å². The first kappa shape index (κ1) is 11.4. The summed E-state index contributed by atoms with van der Waals surface area (Å²) < 4.78 is 17.0. The van der Waals surface area contributed by atoms with Crippen molar-refractivity contribution in [3.05, 3.63) is 48.5 Å². The average Bonchev–Trinajstić information content (AvgIpc) is 2.33. The van der Waals surface area contributed by atoms with Gasteiger partial charge in [-0.3, -0.25) is 4.52 Å². The Morgan fingerprint density at radius 3 is 1.82 bits per heavy atom. The van der Waals surface area contributed by atoms with E-state index >= 15 is 0 Å². The third-order valence-electron chi connectivity index (χ3n) is 2.09. The molecule has 2 aromatic rings. The van der Waals surface area contributed by atoms with Crippen LogP contribution in [0, 0.1) is 0 Å². The molecule has 0 saturated heterocycles. The second-order valence-corrected chi connectivity index (χ2v) is 4.57. The van der Waals surface area contributed by atoms with Gasteiger partial charge < -0.3 is 10.2 Å². The summed E-state index contributed by atoms with van der Waals surface area (Å²) in [5, 5.41) is 18.7. The first-order valence-electron chi connectivity index (χ1n) is 4.88. The Morgan fingerprint density at radius 1 is 0.824 bits per heavy atom. The maximum Gasteiger partial charge on any atom is 0.597 e. The fourth-order valence-corrected chi connectivity index (χ4v) is 2.04. The van der Waals surface area contributed by atoms with Crippen LogP contribution in [0.1, 0.15) is 0 Å². The SMILES string of the molecule is O=[P+](Oc1ccc(O)cc1)c1ccc(O)cc1. The van der Waals surface area contributed by atoms with Gasteiger partial charge in [0.05, 0.1) is 0 Å². The van der Waals surface area contributed by atoms with E-state index < -0.39 is 8.03 Å². The van der Waals surface area contributed by atoms with Gasteiger partial charge in [-0.05, 0) is 53.1 Å². The van der Waals surface area contributed by atoms with Crippen molar-refractivity contribution < 1.29 is 19.3 Å². The molecule has 0 spiro atoms. The summed E-state index contributed by atoms with van der Waals surface area (Å²) in [6, 6.07) is 11.9. The molecule has 0 aliphatic heterocycles. The highest BCUT2D eigenvalue weighted by Crippen LogP contribution is 2.27. The summed E-state index contributed by atoms with van der Waals surface area (Å²) in [7, 11) is -2.02. The Hall–Kier alpha value is -2.06. The zero-order valence-electron chi connectivity index (χ0n) is 8.78. The molecular weight excluding hydrogens is 239 g/mol. The molecule has 0 bridgehead atoms. The molecule has 1 unspecified atom stereocenters. The van der Waals surface area contributed by atoms with Gasteiger partial charge in [0.15, 0.2) is 5.75 Å². The van der Waals surface area contributed by atoms with Crippen molar-refractivity contribution in [3.8, 4) is 17.2 Å². The lowest BCUT2D eigenvalue weighted by atomic mass is 10.3. The van der Waals surface area contributed by atoms with Crippen molar-refractivity contribution in [1.29, 1.82) is 0 Å². The van der Waals surface area contributed by atoms with E-state index in [-0.39, 0.29) is 11.5 Å².